The van der Waals surface area contributed by atoms with Crippen molar-refractivity contribution in [2.45, 2.75) is 84.1 Å². The zero-order valence-corrected chi connectivity index (χ0v) is 14.1. The van der Waals surface area contributed by atoms with E-state index in [-0.39, 0.29) is 0 Å². The molecule has 1 aliphatic carbocycles. The summed E-state index contributed by atoms with van der Waals surface area (Å²) in [6.45, 7) is 9.79. The molecule has 120 valence electrons. The van der Waals surface area contributed by atoms with Crippen LogP contribution in [-0.4, -0.2) is 22.7 Å². The molecule has 0 aromatic carbocycles. The maximum Gasteiger partial charge on any atom is 0.231 e. The molecular formula is C17H31N3O. The molecule has 1 heterocycles. The average molecular weight is 293 g/mol. The summed E-state index contributed by atoms with van der Waals surface area (Å²) in [6.07, 6.45) is 7.42. The Morgan fingerprint density at radius 3 is 2.76 bits per heavy atom. The van der Waals surface area contributed by atoms with Crippen molar-refractivity contribution in [1.29, 1.82) is 0 Å². The van der Waals surface area contributed by atoms with Gasteiger partial charge in [-0.2, -0.15) is 4.98 Å². The van der Waals surface area contributed by atoms with E-state index in [0.29, 0.717) is 17.9 Å². The molecule has 1 aromatic heterocycles. The Morgan fingerprint density at radius 2 is 2.10 bits per heavy atom. The molecule has 4 nitrogen and oxygen atoms in total. The Morgan fingerprint density at radius 1 is 1.29 bits per heavy atom. The molecule has 0 spiro atoms. The number of hydrogen-bond donors (Lipinski definition) is 1. The fourth-order valence-electron chi connectivity index (χ4n) is 3.67. The highest BCUT2D eigenvalue weighted by Gasteiger charge is 2.28. The van der Waals surface area contributed by atoms with E-state index < -0.39 is 0 Å². The second kappa shape index (κ2) is 7.92. The van der Waals surface area contributed by atoms with Crippen molar-refractivity contribution in [2.24, 2.45) is 5.92 Å². The van der Waals surface area contributed by atoms with Gasteiger partial charge in [0.15, 0.2) is 5.82 Å². The van der Waals surface area contributed by atoms with Gasteiger partial charge in [-0.05, 0) is 38.6 Å². The minimum absolute atomic E-state index is 0.316. The van der Waals surface area contributed by atoms with Crippen LogP contribution >= 0.6 is 0 Å². The Bertz CT molecular complexity index is 418. The first kappa shape index (κ1) is 16.5. The van der Waals surface area contributed by atoms with Crippen LogP contribution in [0.25, 0.3) is 0 Å². The van der Waals surface area contributed by atoms with E-state index in [9.17, 15) is 0 Å². The molecule has 1 aliphatic rings. The summed E-state index contributed by atoms with van der Waals surface area (Å²) in [5.41, 5.74) is 0. The van der Waals surface area contributed by atoms with E-state index in [0.717, 1.165) is 30.6 Å². The molecule has 0 saturated heterocycles. The van der Waals surface area contributed by atoms with Crippen molar-refractivity contribution >= 4 is 0 Å². The molecule has 0 aliphatic heterocycles. The normalized spacial score (nSPS) is 25.7. The molecule has 2 rings (SSSR count). The summed E-state index contributed by atoms with van der Waals surface area (Å²) in [4.78, 5) is 4.76. The monoisotopic (exact) mass is 293 g/mol. The number of nitrogens with zero attached hydrogens (tertiary/aromatic N) is 2. The Labute approximate surface area is 129 Å². The second-order valence-electron chi connectivity index (χ2n) is 6.49. The van der Waals surface area contributed by atoms with Gasteiger partial charge in [0.05, 0.1) is 5.92 Å². The number of nitrogens with one attached hydrogen (secondary N) is 1. The van der Waals surface area contributed by atoms with Gasteiger partial charge in [-0.25, -0.2) is 0 Å². The van der Waals surface area contributed by atoms with Gasteiger partial charge in [0.2, 0.25) is 5.89 Å². The lowest BCUT2D eigenvalue weighted by molar-refractivity contribution is 0.291. The van der Waals surface area contributed by atoms with Gasteiger partial charge in [-0.3, -0.25) is 0 Å². The summed E-state index contributed by atoms with van der Waals surface area (Å²) < 4.78 is 5.61. The van der Waals surface area contributed by atoms with E-state index in [4.69, 9.17) is 9.51 Å². The summed E-state index contributed by atoms with van der Waals surface area (Å²) in [7, 11) is 0. The predicted molar refractivity (Wildman–Crippen MR) is 85.5 cm³/mol. The first-order chi connectivity index (χ1) is 10.2. The fraction of sp³-hybridized carbons (Fsp3) is 0.882. The molecule has 4 unspecified atom stereocenters. The Balaban J connectivity index is 2.05. The van der Waals surface area contributed by atoms with Gasteiger partial charge < -0.3 is 9.84 Å². The summed E-state index contributed by atoms with van der Waals surface area (Å²) >= 11 is 0. The predicted octanol–water partition coefficient (Wildman–Crippen LogP) is 4.25. The molecular weight excluding hydrogens is 262 g/mol. The van der Waals surface area contributed by atoms with Crippen LogP contribution < -0.4 is 5.32 Å². The van der Waals surface area contributed by atoms with Gasteiger partial charge in [0.1, 0.15) is 0 Å². The van der Waals surface area contributed by atoms with E-state index in [1.54, 1.807) is 0 Å². The Hall–Kier alpha value is -0.900. The quantitative estimate of drug-likeness (QED) is 0.816. The third-order valence-electron chi connectivity index (χ3n) is 5.07. The lowest BCUT2D eigenvalue weighted by Gasteiger charge is -2.26. The number of aromatic nitrogens is 2. The molecule has 1 fully saturated rings. The lowest BCUT2D eigenvalue weighted by Crippen LogP contribution is -2.31. The highest BCUT2D eigenvalue weighted by molar-refractivity contribution is 5.03. The molecule has 4 atom stereocenters. The van der Waals surface area contributed by atoms with Crippen molar-refractivity contribution in [3.63, 3.8) is 0 Å². The van der Waals surface area contributed by atoms with Crippen molar-refractivity contribution in [2.75, 3.05) is 6.54 Å². The second-order valence-corrected chi connectivity index (χ2v) is 6.49. The number of likely N-dealkylation sites (N-methyl/N-ethyl adjacent to an activating group) is 1. The van der Waals surface area contributed by atoms with Gasteiger partial charge in [0, 0.05) is 12.0 Å². The number of hydrogen-bond acceptors (Lipinski definition) is 4. The van der Waals surface area contributed by atoms with Crippen LogP contribution in [0.4, 0.5) is 0 Å². The first-order valence-corrected chi connectivity index (χ1v) is 8.76. The van der Waals surface area contributed by atoms with Gasteiger partial charge in [-0.1, -0.05) is 45.2 Å². The smallest absolute Gasteiger partial charge is 0.231 e. The average Bonchev–Trinajstić information content (AvgIpc) is 2.98. The van der Waals surface area contributed by atoms with E-state index in [2.05, 4.69) is 38.2 Å². The first-order valence-electron chi connectivity index (χ1n) is 8.76. The minimum Gasteiger partial charge on any atom is -0.339 e. The van der Waals surface area contributed by atoms with E-state index in [1.807, 2.05) is 0 Å². The number of rotatable bonds is 7. The maximum atomic E-state index is 5.61. The molecule has 0 bridgehead atoms. The van der Waals surface area contributed by atoms with Crippen LogP contribution in [0.5, 0.6) is 0 Å². The largest absolute Gasteiger partial charge is 0.339 e. The summed E-state index contributed by atoms with van der Waals surface area (Å²) in [5, 5.41) is 7.78. The fourth-order valence-corrected chi connectivity index (χ4v) is 3.67. The summed E-state index contributed by atoms with van der Waals surface area (Å²) in [5.74, 6) is 3.43. The molecule has 0 radical (unpaired) electrons. The Kier molecular flexibility index (Phi) is 6.22. The molecule has 4 heteroatoms. The summed E-state index contributed by atoms with van der Waals surface area (Å²) in [6, 6.07) is 0.378. The van der Waals surface area contributed by atoms with Crippen molar-refractivity contribution in [1.82, 2.24) is 15.5 Å². The lowest BCUT2D eigenvalue weighted by atomic mass is 9.80. The van der Waals surface area contributed by atoms with Gasteiger partial charge in [0.25, 0.3) is 0 Å². The third kappa shape index (κ3) is 4.06. The SMILES string of the molecule is CCNC(C)C(CC)c1nc(C2CCCC(CC)C2)no1. The highest BCUT2D eigenvalue weighted by Crippen LogP contribution is 2.36. The van der Waals surface area contributed by atoms with Crippen molar-refractivity contribution in [3.05, 3.63) is 11.7 Å². The molecule has 1 N–H and O–H groups in total. The van der Waals surface area contributed by atoms with E-state index in [1.165, 1.54) is 32.1 Å². The van der Waals surface area contributed by atoms with Crippen LogP contribution in [0.15, 0.2) is 4.52 Å². The van der Waals surface area contributed by atoms with E-state index >= 15 is 0 Å². The van der Waals surface area contributed by atoms with Crippen LogP contribution in [0.2, 0.25) is 0 Å². The maximum absolute atomic E-state index is 5.61. The molecule has 1 saturated carbocycles. The molecule has 0 amide bonds. The van der Waals surface area contributed by atoms with Crippen LogP contribution in [0.1, 0.15) is 89.8 Å². The zero-order valence-electron chi connectivity index (χ0n) is 14.1. The zero-order chi connectivity index (χ0) is 15.2. The molecule has 1 aromatic rings. The van der Waals surface area contributed by atoms with Crippen LogP contribution in [0.3, 0.4) is 0 Å². The highest BCUT2D eigenvalue weighted by atomic mass is 16.5. The van der Waals surface area contributed by atoms with Crippen molar-refractivity contribution in [3.8, 4) is 0 Å². The van der Waals surface area contributed by atoms with Gasteiger partial charge in [-0.15, -0.1) is 0 Å². The van der Waals surface area contributed by atoms with Crippen molar-refractivity contribution < 1.29 is 4.52 Å². The van der Waals surface area contributed by atoms with Crippen LogP contribution in [0, 0.1) is 5.92 Å². The van der Waals surface area contributed by atoms with Crippen LogP contribution in [-0.2, 0) is 0 Å². The van der Waals surface area contributed by atoms with Gasteiger partial charge >= 0.3 is 0 Å². The third-order valence-corrected chi connectivity index (χ3v) is 5.07. The standard InChI is InChI=1S/C17H31N3O/c1-5-13-9-8-10-14(11-13)16-19-17(21-20-16)15(6-2)12(4)18-7-3/h12-15,18H,5-11H2,1-4H3. The topological polar surface area (TPSA) is 51.0 Å². The molecule has 21 heavy (non-hydrogen) atoms. The minimum atomic E-state index is 0.316.